The van der Waals surface area contributed by atoms with Gasteiger partial charge in [-0.3, -0.25) is 4.79 Å². The van der Waals surface area contributed by atoms with Crippen molar-refractivity contribution in [3.63, 3.8) is 0 Å². The number of nitrogens with two attached hydrogens (primary N) is 1. The lowest BCUT2D eigenvalue weighted by Gasteiger charge is -2.10. The zero-order chi connectivity index (χ0) is 17.4. The highest BCUT2D eigenvalue weighted by atomic mass is 16.5. The molecule has 0 spiro atoms. The largest absolute Gasteiger partial charge is 0.493 e. The van der Waals surface area contributed by atoms with Gasteiger partial charge in [0, 0.05) is 12.2 Å². The second kappa shape index (κ2) is 8.82. The van der Waals surface area contributed by atoms with E-state index in [1.165, 1.54) is 0 Å². The quantitative estimate of drug-likeness (QED) is 0.577. The van der Waals surface area contributed by atoms with Crippen LogP contribution >= 0.6 is 0 Å². The Morgan fingerprint density at radius 1 is 1.00 bits per heavy atom. The Hall–Kier alpha value is -2.69. The van der Waals surface area contributed by atoms with E-state index in [9.17, 15) is 4.79 Å². The second-order valence-electron chi connectivity index (χ2n) is 5.56. The van der Waals surface area contributed by atoms with Crippen LogP contribution in [0.3, 0.4) is 0 Å². The fraction of sp³-hybridized carbons (Fsp3) is 0.316. The van der Waals surface area contributed by atoms with Crippen LogP contribution in [0.5, 0.6) is 11.5 Å². The predicted octanol–water partition coefficient (Wildman–Crippen LogP) is 2.58. The molecule has 24 heavy (non-hydrogen) atoms. The molecule has 128 valence electrons. The van der Waals surface area contributed by atoms with E-state index in [4.69, 9.17) is 15.2 Å². The number of carbonyl (C=O) groups is 1. The van der Waals surface area contributed by atoms with Crippen LogP contribution in [0, 0.1) is 0 Å². The molecule has 0 unspecified atom stereocenters. The molecule has 0 aromatic heterocycles. The van der Waals surface area contributed by atoms with Crippen LogP contribution in [-0.2, 0) is 17.6 Å². The lowest BCUT2D eigenvalue weighted by Crippen LogP contribution is -2.26. The molecule has 0 fully saturated rings. The fourth-order valence-corrected chi connectivity index (χ4v) is 2.44. The van der Waals surface area contributed by atoms with Gasteiger partial charge in [-0.05, 0) is 48.2 Å². The first-order valence-corrected chi connectivity index (χ1v) is 7.94. The minimum atomic E-state index is 0.0204. The average molecular weight is 328 g/mol. The maximum atomic E-state index is 11.9. The van der Waals surface area contributed by atoms with Crippen molar-refractivity contribution in [1.29, 1.82) is 0 Å². The molecular formula is C19H24N2O3. The summed E-state index contributed by atoms with van der Waals surface area (Å²) >= 11 is 0. The van der Waals surface area contributed by atoms with E-state index in [1.54, 1.807) is 26.4 Å². The standard InChI is InChI=1S/C19H24N2O3/c1-23-17-10-7-14(12-18(17)24-2)4-3-11-21-19(22)13-15-5-8-16(20)9-6-15/h5-10,12H,3-4,11,13,20H2,1-2H3,(H,21,22). The Bertz CT molecular complexity index is 669. The van der Waals surface area contributed by atoms with E-state index in [-0.39, 0.29) is 5.91 Å². The van der Waals surface area contributed by atoms with Gasteiger partial charge in [-0.1, -0.05) is 18.2 Å². The Labute approximate surface area is 142 Å². The van der Waals surface area contributed by atoms with E-state index in [1.807, 2.05) is 30.3 Å². The number of ether oxygens (including phenoxy) is 2. The van der Waals surface area contributed by atoms with Crippen molar-refractivity contribution >= 4 is 11.6 Å². The van der Waals surface area contributed by atoms with Gasteiger partial charge < -0.3 is 20.5 Å². The first-order chi connectivity index (χ1) is 11.6. The molecule has 2 aromatic rings. The van der Waals surface area contributed by atoms with E-state index < -0.39 is 0 Å². The zero-order valence-corrected chi connectivity index (χ0v) is 14.2. The number of carbonyl (C=O) groups excluding carboxylic acids is 1. The third kappa shape index (κ3) is 5.19. The molecule has 1 amide bonds. The molecule has 0 atom stereocenters. The zero-order valence-electron chi connectivity index (χ0n) is 14.2. The molecule has 0 bridgehead atoms. The third-order valence-electron chi connectivity index (χ3n) is 3.76. The highest BCUT2D eigenvalue weighted by molar-refractivity contribution is 5.78. The van der Waals surface area contributed by atoms with Gasteiger partial charge in [-0.25, -0.2) is 0 Å². The first kappa shape index (κ1) is 17.7. The predicted molar refractivity (Wildman–Crippen MR) is 95.4 cm³/mol. The molecule has 0 aliphatic carbocycles. The molecule has 0 radical (unpaired) electrons. The van der Waals surface area contributed by atoms with E-state index in [2.05, 4.69) is 5.32 Å². The van der Waals surface area contributed by atoms with Crippen molar-refractivity contribution < 1.29 is 14.3 Å². The number of amides is 1. The van der Waals surface area contributed by atoms with Crippen molar-refractivity contribution in [2.24, 2.45) is 0 Å². The van der Waals surface area contributed by atoms with Crippen molar-refractivity contribution in [2.75, 3.05) is 26.5 Å². The summed E-state index contributed by atoms with van der Waals surface area (Å²) in [4.78, 5) is 11.9. The van der Waals surface area contributed by atoms with E-state index >= 15 is 0 Å². The fourth-order valence-electron chi connectivity index (χ4n) is 2.44. The van der Waals surface area contributed by atoms with Crippen LogP contribution in [0.4, 0.5) is 5.69 Å². The number of nitrogens with one attached hydrogen (secondary N) is 1. The van der Waals surface area contributed by atoms with Gasteiger partial charge in [0.1, 0.15) is 0 Å². The van der Waals surface area contributed by atoms with Gasteiger partial charge in [0.2, 0.25) is 5.91 Å². The number of anilines is 1. The lowest BCUT2D eigenvalue weighted by molar-refractivity contribution is -0.120. The summed E-state index contributed by atoms with van der Waals surface area (Å²) < 4.78 is 10.5. The van der Waals surface area contributed by atoms with Crippen LogP contribution in [-0.4, -0.2) is 26.7 Å². The Morgan fingerprint density at radius 3 is 2.33 bits per heavy atom. The minimum Gasteiger partial charge on any atom is -0.493 e. The molecular weight excluding hydrogens is 304 g/mol. The maximum absolute atomic E-state index is 11.9. The number of rotatable bonds is 8. The van der Waals surface area contributed by atoms with Gasteiger partial charge in [0.25, 0.3) is 0 Å². The highest BCUT2D eigenvalue weighted by Gasteiger charge is 2.05. The second-order valence-corrected chi connectivity index (χ2v) is 5.56. The van der Waals surface area contributed by atoms with Crippen LogP contribution in [0.25, 0.3) is 0 Å². The maximum Gasteiger partial charge on any atom is 0.224 e. The Kier molecular flexibility index (Phi) is 6.49. The normalized spacial score (nSPS) is 10.2. The molecule has 0 saturated carbocycles. The number of benzene rings is 2. The SMILES string of the molecule is COc1ccc(CCCNC(=O)Cc2ccc(N)cc2)cc1OC. The van der Waals surface area contributed by atoms with E-state index in [0.717, 1.165) is 35.5 Å². The summed E-state index contributed by atoms with van der Waals surface area (Å²) in [5.74, 6) is 1.47. The van der Waals surface area contributed by atoms with Gasteiger partial charge in [-0.2, -0.15) is 0 Å². The molecule has 5 nitrogen and oxygen atoms in total. The summed E-state index contributed by atoms with van der Waals surface area (Å²) in [7, 11) is 3.24. The molecule has 3 N–H and O–H groups in total. The van der Waals surface area contributed by atoms with Crippen LogP contribution < -0.4 is 20.5 Å². The van der Waals surface area contributed by atoms with Crippen molar-refractivity contribution in [2.45, 2.75) is 19.3 Å². The molecule has 5 heteroatoms. The highest BCUT2D eigenvalue weighted by Crippen LogP contribution is 2.27. The third-order valence-corrected chi connectivity index (χ3v) is 3.76. The Balaban J connectivity index is 1.74. The number of nitrogen functional groups attached to an aromatic ring is 1. The number of hydrogen-bond acceptors (Lipinski definition) is 4. The van der Waals surface area contributed by atoms with Crippen molar-refractivity contribution in [3.05, 3.63) is 53.6 Å². The Morgan fingerprint density at radius 2 is 1.67 bits per heavy atom. The van der Waals surface area contributed by atoms with Crippen LogP contribution in [0.15, 0.2) is 42.5 Å². The van der Waals surface area contributed by atoms with Crippen LogP contribution in [0.2, 0.25) is 0 Å². The molecule has 0 aliphatic heterocycles. The smallest absolute Gasteiger partial charge is 0.224 e. The summed E-state index contributed by atoms with van der Waals surface area (Å²) in [5.41, 5.74) is 8.45. The van der Waals surface area contributed by atoms with Gasteiger partial charge in [-0.15, -0.1) is 0 Å². The lowest BCUT2D eigenvalue weighted by atomic mass is 10.1. The number of hydrogen-bond donors (Lipinski definition) is 2. The van der Waals surface area contributed by atoms with E-state index in [0.29, 0.717) is 18.7 Å². The van der Waals surface area contributed by atoms with Gasteiger partial charge in [0.15, 0.2) is 11.5 Å². The molecule has 2 rings (SSSR count). The van der Waals surface area contributed by atoms with Crippen molar-refractivity contribution in [1.82, 2.24) is 5.32 Å². The summed E-state index contributed by atoms with van der Waals surface area (Å²) in [6.07, 6.45) is 2.10. The van der Waals surface area contributed by atoms with Gasteiger partial charge >= 0.3 is 0 Å². The number of aryl methyl sites for hydroxylation is 1. The molecule has 0 heterocycles. The van der Waals surface area contributed by atoms with Gasteiger partial charge in [0.05, 0.1) is 20.6 Å². The summed E-state index contributed by atoms with van der Waals surface area (Å²) in [6, 6.07) is 13.2. The molecule has 2 aromatic carbocycles. The van der Waals surface area contributed by atoms with Crippen molar-refractivity contribution in [3.8, 4) is 11.5 Å². The summed E-state index contributed by atoms with van der Waals surface area (Å²) in [6.45, 7) is 0.641. The van der Waals surface area contributed by atoms with Crippen LogP contribution in [0.1, 0.15) is 17.5 Å². The molecule has 0 saturated heterocycles. The topological polar surface area (TPSA) is 73.6 Å². The molecule has 0 aliphatic rings. The average Bonchev–Trinajstić information content (AvgIpc) is 2.60. The minimum absolute atomic E-state index is 0.0204. The summed E-state index contributed by atoms with van der Waals surface area (Å²) in [5, 5.41) is 2.94. The first-order valence-electron chi connectivity index (χ1n) is 7.94. The number of methoxy groups -OCH3 is 2. The monoisotopic (exact) mass is 328 g/mol.